The van der Waals surface area contributed by atoms with Gasteiger partial charge in [-0.3, -0.25) is 24.6 Å². The van der Waals surface area contributed by atoms with E-state index < -0.39 is 53.9 Å². The molecule has 3 atom stereocenters. The number of nitrogens with one attached hydrogen (secondary N) is 2. The van der Waals surface area contributed by atoms with Gasteiger partial charge < -0.3 is 26.0 Å². The van der Waals surface area contributed by atoms with Gasteiger partial charge in [-0.1, -0.05) is 23.9 Å². The third-order valence-electron chi connectivity index (χ3n) is 5.80. The van der Waals surface area contributed by atoms with Crippen molar-refractivity contribution in [3.63, 3.8) is 0 Å². The predicted octanol–water partition coefficient (Wildman–Crippen LogP) is -0.756. The van der Waals surface area contributed by atoms with E-state index >= 15 is 0 Å². The summed E-state index contributed by atoms with van der Waals surface area (Å²) in [5.41, 5.74) is 6.68. The smallest absolute Gasteiger partial charge is 0.411 e. The second-order valence-corrected chi connectivity index (χ2v) is 10.7. The van der Waals surface area contributed by atoms with E-state index in [1.165, 1.54) is 45.2 Å². The molecule has 40 heavy (non-hydrogen) atoms. The Bertz CT molecular complexity index is 1360. The summed E-state index contributed by atoms with van der Waals surface area (Å²) in [6, 6.07) is 4.02. The molecule has 212 valence electrons. The largest absolute Gasteiger partial charge is 0.480 e. The molecule has 1 aromatic carbocycles. The molecule has 1 fully saturated rings. The van der Waals surface area contributed by atoms with Crippen LogP contribution < -0.4 is 16.4 Å². The Morgan fingerprint density at radius 1 is 1.25 bits per heavy atom. The molecule has 3 heterocycles. The number of thioether (sulfide) groups is 2. The van der Waals surface area contributed by atoms with Gasteiger partial charge in [-0.2, -0.15) is 0 Å². The van der Waals surface area contributed by atoms with Gasteiger partial charge in [-0.15, -0.1) is 16.9 Å². The third-order valence-corrected chi connectivity index (χ3v) is 8.24. The van der Waals surface area contributed by atoms with Crippen LogP contribution in [0.1, 0.15) is 5.56 Å². The Morgan fingerprint density at radius 3 is 2.60 bits per heavy atom. The van der Waals surface area contributed by atoms with Crippen molar-refractivity contribution in [2.45, 2.75) is 29.0 Å². The molecular formula is C22H24N8O8S2. The van der Waals surface area contributed by atoms with E-state index in [9.17, 15) is 29.1 Å². The lowest BCUT2D eigenvalue weighted by Crippen LogP contribution is -2.70. The third kappa shape index (κ3) is 6.52. The normalized spacial score (nSPS) is 18.9. The summed E-state index contributed by atoms with van der Waals surface area (Å²) in [7, 11) is 1.66. The van der Waals surface area contributed by atoms with Crippen LogP contribution in [0, 0.1) is 0 Å². The number of hydrogen-bond acceptors (Lipinski definition) is 12. The van der Waals surface area contributed by atoms with Crippen LogP contribution in [0.3, 0.4) is 0 Å². The van der Waals surface area contributed by atoms with Crippen LogP contribution >= 0.6 is 23.5 Å². The molecule has 0 radical (unpaired) electrons. The summed E-state index contributed by atoms with van der Waals surface area (Å²) in [4.78, 5) is 61.2. The van der Waals surface area contributed by atoms with Gasteiger partial charge in [0.05, 0.1) is 6.42 Å². The number of nitrogens with zero attached hydrogens (tertiary/aromatic N) is 5. The summed E-state index contributed by atoms with van der Waals surface area (Å²) in [6.07, 6.45) is -0.948. The lowest BCUT2D eigenvalue weighted by Gasteiger charge is -2.49. The fourth-order valence-electron chi connectivity index (χ4n) is 3.80. The number of carbonyl (C=O) groups excluding carboxylic acids is 3. The number of ether oxygens (including phenoxy) is 1. The number of fused-ring (bicyclic) bond motifs is 1. The summed E-state index contributed by atoms with van der Waals surface area (Å²) >= 11 is 2.62. The zero-order valence-electron chi connectivity index (χ0n) is 20.8. The minimum absolute atomic E-state index is 0.0609. The molecule has 16 nitrogen and oxygen atoms in total. The van der Waals surface area contributed by atoms with Crippen LogP contribution in [0.5, 0.6) is 0 Å². The van der Waals surface area contributed by atoms with Gasteiger partial charge in [-0.05, 0) is 33.7 Å². The first-order valence-electron chi connectivity index (χ1n) is 11.6. The summed E-state index contributed by atoms with van der Waals surface area (Å²) in [6.45, 7) is -0.499. The second kappa shape index (κ2) is 12.3. The van der Waals surface area contributed by atoms with E-state index in [0.717, 1.165) is 0 Å². The number of rotatable bonds is 11. The quantitative estimate of drug-likeness (QED) is 0.160. The number of hydrogen-bond donors (Lipinski definition) is 5. The van der Waals surface area contributed by atoms with Gasteiger partial charge in [0, 0.05) is 24.2 Å². The van der Waals surface area contributed by atoms with Crippen molar-refractivity contribution < 1.29 is 38.9 Å². The number of tetrazole rings is 1. The van der Waals surface area contributed by atoms with Crippen LogP contribution in [-0.4, -0.2) is 101 Å². The van der Waals surface area contributed by atoms with Gasteiger partial charge in [0.15, 0.2) is 0 Å². The van der Waals surface area contributed by atoms with Crippen molar-refractivity contribution in [3.8, 4) is 0 Å². The molecule has 1 aromatic heterocycles. The van der Waals surface area contributed by atoms with E-state index in [-0.39, 0.29) is 17.9 Å². The van der Waals surface area contributed by atoms with Gasteiger partial charge in [-0.25, -0.2) is 14.3 Å². The average molecular weight is 593 g/mol. The predicted molar refractivity (Wildman–Crippen MR) is 140 cm³/mol. The Kier molecular flexibility index (Phi) is 8.90. The molecule has 0 aliphatic carbocycles. The SMILES string of the molecule is Cn1nnnc1SCC1=C(C(=O)O)N2C(=O)[C@@H](NC(=O)Cc3ccc(NC(=O)OC[C@@H](N)C(=O)O)cc3)[C@@H]2SC1. The van der Waals surface area contributed by atoms with E-state index in [1.54, 1.807) is 19.2 Å². The Labute approximate surface area is 234 Å². The van der Waals surface area contributed by atoms with Crippen molar-refractivity contribution >= 4 is 59.1 Å². The molecule has 6 N–H and O–H groups in total. The molecule has 2 aliphatic heterocycles. The van der Waals surface area contributed by atoms with E-state index in [4.69, 9.17) is 15.6 Å². The van der Waals surface area contributed by atoms with Crippen LogP contribution in [0.2, 0.25) is 0 Å². The molecule has 0 unspecified atom stereocenters. The monoisotopic (exact) mass is 592 g/mol. The summed E-state index contributed by atoms with van der Waals surface area (Å²) in [5, 5.41) is 34.7. The molecule has 0 spiro atoms. The van der Waals surface area contributed by atoms with E-state index in [0.29, 0.717) is 27.7 Å². The Hall–Kier alpha value is -4.16. The van der Waals surface area contributed by atoms with Crippen molar-refractivity contribution in [2.24, 2.45) is 12.8 Å². The molecule has 2 aliphatic rings. The zero-order chi connectivity index (χ0) is 29.0. The Balaban J connectivity index is 1.30. The van der Waals surface area contributed by atoms with Crippen molar-refractivity contribution in [1.29, 1.82) is 0 Å². The molecule has 18 heteroatoms. The number of β-lactam (4-membered cyclic amide) rings is 1. The number of aryl methyl sites for hydroxylation is 1. The maximum Gasteiger partial charge on any atom is 0.411 e. The highest BCUT2D eigenvalue weighted by Crippen LogP contribution is 2.41. The average Bonchev–Trinajstić information content (AvgIpc) is 3.33. The minimum atomic E-state index is -1.34. The highest BCUT2D eigenvalue weighted by molar-refractivity contribution is 8.01. The zero-order valence-corrected chi connectivity index (χ0v) is 22.5. The van der Waals surface area contributed by atoms with Crippen molar-refractivity contribution in [1.82, 2.24) is 30.4 Å². The van der Waals surface area contributed by atoms with Crippen molar-refractivity contribution in [3.05, 3.63) is 41.1 Å². The molecular weight excluding hydrogens is 568 g/mol. The number of aromatic nitrogens is 4. The van der Waals surface area contributed by atoms with Crippen LogP contribution in [0.25, 0.3) is 0 Å². The van der Waals surface area contributed by atoms with Crippen LogP contribution in [-0.2, 0) is 37.4 Å². The summed E-state index contributed by atoms with van der Waals surface area (Å²) < 4.78 is 6.20. The Morgan fingerprint density at radius 2 is 1.98 bits per heavy atom. The molecule has 2 aromatic rings. The van der Waals surface area contributed by atoms with Crippen LogP contribution in [0.4, 0.5) is 10.5 Å². The molecule has 4 rings (SSSR count). The number of aliphatic carboxylic acids is 2. The molecule has 3 amide bonds. The second-order valence-electron chi connectivity index (χ2n) is 8.63. The maximum absolute atomic E-state index is 12.9. The number of anilines is 1. The first-order valence-corrected chi connectivity index (χ1v) is 13.6. The van der Waals surface area contributed by atoms with E-state index in [2.05, 4.69) is 26.2 Å². The van der Waals surface area contributed by atoms with Gasteiger partial charge in [0.2, 0.25) is 11.1 Å². The van der Waals surface area contributed by atoms with Crippen LogP contribution in [0.15, 0.2) is 40.7 Å². The van der Waals surface area contributed by atoms with E-state index in [1.807, 2.05) is 0 Å². The molecule has 0 bridgehead atoms. The lowest BCUT2D eigenvalue weighted by molar-refractivity contribution is -0.150. The molecule has 0 saturated carbocycles. The standard InChI is InChI=1S/C22H24N8O8S2/c1-29-21(26-27-28-29)40-9-11-8-39-18-15(17(32)30(18)16(11)20(35)36)25-14(31)6-10-2-4-12(5-3-10)24-22(37)38-7-13(23)19(33)34/h2-5,13,15,18H,6-9,23H2,1H3,(H,24,37)(H,25,31)(H,33,34)(H,35,36)/t13-,15-,18+/m1/s1. The number of carboxylic acid groups (broad SMARTS) is 2. The highest BCUT2D eigenvalue weighted by atomic mass is 32.2. The fourth-order valence-corrected chi connectivity index (χ4v) is 6.13. The summed E-state index contributed by atoms with van der Waals surface area (Å²) in [5.74, 6) is -2.82. The van der Waals surface area contributed by atoms with Gasteiger partial charge in [0.25, 0.3) is 5.91 Å². The lowest BCUT2D eigenvalue weighted by atomic mass is 10.0. The first kappa shape index (κ1) is 28.8. The fraction of sp³-hybridized carbons (Fsp3) is 0.364. The maximum atomic E-state index is 12.9. The minimum Gasteiger partial charge on any atom is -0.480 e. The number of nitrogens with two attached hydrogens (primary N) is 1. The highest BCUT2D eigenvalue weighted by Gasteiger charge is 2.54. The first-order chi connectivity index (χ1) is 19.0. The number of amides is 3. The number of carbonyl (C=O) groups is 5. The van der Waals surface area contributed by atoms with Gasteiger partial charge in [0.1, 0.15) is 29.8 Å². The van der Waals surface area contributed by atoms with Gasteiger partial charge >= 0.3 is 18.0 Å². The number of carboxylic acids is 2. The topological polar surface area (TPSA) is 232 Å². The molecule has 1 saturated heterocycles. The number of benzene rings is 1. The van der Waals surface area contributed by atoms with Crippen molar-refractivity contribution in [2.75, 3.05) is 23.4 Å².